The molecule has 1 fully saturated rings. The molecule has 2 aliphatic heterocycles. The van der Waals surface area contributed by atoms with Gasteiger partial charge < -0.3 is 30.6 Å². The van der Waals surface area contributed by atoms with E-state index in [0.717, 1.165) is 24.9 Å². The smallest absolute Gasteiger partial charge is 0.415 e. The Kier molecular flexibility index (Phi) is 6.89. The largest absolute Gasteiger partial charge is 0.480 e. The standard InChI is InChI=1S/C23H27ClN6O5/c24-21-16-8-13(7-14(16)9-20(29-21)33-6-4-25)10-26-5-3-15-11-30(23(32)35-15)18-2-1-17-22(27-18)28-19(31)12-34-17/h1-2,9,13,15,26H,3-8,10-12,25H2,(H,27,28,31). The molecule has 2 amide bonds. The Hall–Kier alpha value is -3.15. The fourth-order valence-corrected chi connectivity index (χ4v) is 4.83. The van der Waals surface area contributed by atoms with Gasteiger partial charge in [-0.1, -0.05) is 11.6 Å². The van der Waals surface area contributed by atoms with E-state index in [1.165, 1.54) is 10.5 Å². The third-order valence-corrected chi connectivity index (χ3v) is 6.51. The van der Waals surface area contributed by atoms with E-state index in [0.29, 0.717) is 67.0 Å². The zero-order valence-electron chi connectivity index (χ0n) is 19.1. The van der Waals surface area contributed by atoms with Crippen molar-refractivity contribution >= 4 is 35.2 Å². The van der Waals surface area contributed by atoms with E-state index in [1.54, 1.807) is 12.1 Å². The first-order valence-electron chi connectivity index (χ1n) is 11.6. The summed E-state index contributed by atoms with van der Waals surface area (Å²) in [6.07, 6.45) is 1.74. The van der Waals surface area contributed by atoms with Crippen LogP contribution < -0.4 is 30.7 Å². The number of pyridine rings is 2. The number of ether oxygens (including phenoxy) is 3. The fourth-order valence-electron chi connectivity index (χ4n) is 4.55. The van der Waals surface area contributed by atoms with Crippen molar-refractivity contribution < 1.29 is 23.8 Å². The van der Waals surface area contributed by atoms with Crippen LogP contribution in [0.5, 0.6) is 11.6 Å². The van der Waals surface area contributed by atoms with E-state index in [4.69, 9.17) is 31.5 Å². The number of carbonyl (C=O) groups excluding carboxylic acids is 2. The predicted octanol–water partition coefficient (Wildman–Crippen LogP) is 1.52. The minimum absolute atomic E-state index is 0.0457. The normalized spacial score (nSPS) is 20.7. The lowest BCUT2D eigenvalue weighted by atomic mass is 10.1. The van der Waals surface area contributed by atoms with Gasteiger partial charge >= 0.3 is 6.09 Å². The number of aromatic nitrogens is 2. The number of rotatable bonds is 9. The molecule has 2 aromatic rings. The van der Waals surface area contributed by atoms with Crippen LogP contribution >= 0.6 is 11.6 Å². The predicted molar refractivity (Wildman–Crippen MR) is 128 cm³/mol. The van der Waals surface area contributed by atoms with Gasteiger partial charge in [0.05, 0.1) is 6.54 Å². The molecule has 0 bridgehead atoms. The Bertz CT molecular complexity index is 1130. The number of nitrogens with zero attached hydrogens (tertiary/aromatic N) is 3. The molecule has 11 nitrogen and oxygen atoms in total. The van der Waals surface area contributed by atoms with E-state index in [1.807, 2.05) is 6.07 Å². The lowest BCUT2D eigenvalue weighted by Gasteiger charge is -2.19. The van der Waals surface area contributed by atoms with Crippen molar-refractivity contribution in [2.45, 2.75) is 25.4 Å². The molecular weight excluding hydrogens is 476 g/mol. The average Bonchev–Trinajstić information content (AvgIpc) is 3.43. The maximum absolute atomic E-state index is 12.4. The van der Waals surface area contributed by atoms with Gasteiger partial charge in [-0.15, -0.1) is 0 Å². The van der Waals surface area contributed by atoms with Gasteiger partial charge in [-0.05, 0) is 61.5 Å². The molecule has 0 saturated carbocycles. The maximum Gasteiger partial charge on any atom is 0.415 e. The molecule has 3 aliphatic rings. The molecule has 2 aromatic heterocycles. The first-order chi connectivity index (χ1) is 17.0. The van der Waals surface area contributed by atoms with Crippen LogP contribution in [-0.4, -0.2) is 67.5 Å². The zero-order chi connectivity index (χ0) is 24.4. The van der Waals surface area contributed by atoms with Crippen molar-refractivity contribution in [1.82, 2.24) is 15.3 Å². The second-order valence-electron chi connectivity index (χ2n) is 8.76. The van der Waals surface area contributed by atoms with Crippen molar-refractivity contribution in [3.63, 3.8) is 0 Å². The van der Waals surface area contributed by atoms with Gasteiger partial charge in [0.2, 0.25) is 5.88 Å². The van der Waals surface area contributed by atoms with Gasteiger partial charge in [-0.3, -0.25) is 9.69 Å². The Labute approximate surface area is 207 Å². The van der Waals surface area contributed by atoms with Crippen LogP contribution in [0.25, 0.3) is 0 Å². The van der Waals surface area contributed by atoms with Crippen LogP contribution in [0.3, 0.4) is 0 Å². The lowest BCUT2D eigenvalue weighted by molar-refractivity contribution is -0.118. The molecule has 2 unspecified atom stereocenters. The van der Waals surface area contributed by atoms with Crippen molar-refractivity contribution in [3.05, 3.63) is 34.5 Å². The molecule has 0 spiro atoms. The monoisotopic (exact) mass is 502 g/mol. The zero-order valence-corrected chi connectivity index (χ0v) is 19.8. The van der Waals surface area contributed by atoms with Crippen LogP contribution in [0.2, 0.25) is 5.15 Å². The van der Waals surface area contributed by atoms with Gasteiger partial charge in [0.25, 0.3) is 5.91 Å². The van der Waals surface area contributed by atoms with Crippen LogP contribution in [0.15, 0.2) is 18.2 Å². The van der Waals surface area contributed by atoms with E-state index < -0.39 is 6.09 Å². The number of hydrogen-bond donors (Lipinski definition) is 3. The van der Waals surface area contributed by atoms with Gasteiger partial charge in [0.15, 0.2) is 18.2 Å². The van der Waals surface area contributed by atoms with Crippen LogP contribution in [0.4, 0.5) is 16.4 Å². The minimum Gasteiger partial charge on any atom is -0.480 e. The number of hydrogen-bond acceptors (Lipinski definition) is 9. The van der Waals surface area contributed by atoms with E-state index in [-0.39, 0.29) is 18.6 Å². The summed E-state index contributed by atoms with van der Waals surface area (Å²) in [7, 11) is 0. The molecule has 4 heterocycles. The van der Waals surface area contributed by atoms with Gasteiger partial charge in [-0.25, -0.2) is 14.8 Å². The molecule has 0 aromatic carbocycles. The van der Waals surface area contributed by atoms with Crippen molar-refractivity contribution in [2.75, 3.05) is 49.6 Å². The van der Waals surface area contributed by atoms with Crippen LogP contribution in [0, 0.1) is 5.92 Å². The average molecular weight is 503 g/mol. The highest BCUT2D eigenvalue weighted by Crippen LogP contribution is 2.34. The van der Waals surface area contributed by atoms with Gasteiger partial charge in [-0.2, -0.15) is 0 Å². The fraction of sp³-hybridized carbons (Fsp3) is 0.478. The van der Waals surface area contributed by atoms with Crippen molar-refractivity contribution in [2.24, 2.45) is 11.7 Å². The minimum atomic E-state index is -0.452. The number of carbonyl (C=O) groups is 2. The van der Waals surface area contributed by atoms with Crippen LogP contribution in [-0.2, 0) is 22.4 Å². The summed E-state index contributed by atoms with van der Waals surface area (Å²) in [5, 5.41) is 6.62. The molecule has 35 heavy (non-hydrogen) atoms. The molecule has 4 N–H and O–H groups in total. The number of halogens is 1. The number of fused-ring (bicyclic) bond motifs is 2. The van der Waals surface area contributed by atoms with E-state index in [2.05, 4.69) is 20.6 Å². The summed E-state index contributed by atoms with van der Waals surface area (Å²) < 4.78 is 16.4. The number of nitrogens with two attached hydrogens (primary N) is 1. The molecular formula is C23H27ClN6O5. The first kappa shape index (κ1) is 23.6. The topological polar surface area (TPSA) is 141 Å². The summed E-state index contributed by atoms with van der Waals surface area (Å²) in [4.78, 5) is 34.1. The summed E-state index contributed by atoms with van der Waals surface area (Å²) in [6, 6.07) is 5.33. The Balaban J connectivity index is 1.08. The quantitative estimate of drug-likeness (QED) is 0.343. The molecule has 0 radical (unpaired) electrons. The second kappa shape index (κ2) is 10.2. The molecule has 186 valence electrons. The number of cyclic esters (lactones) is 1. The Morgan fingerprint density at radius 2 is 2.17 bits per heavy atom. The number of anilines is 2. The van der Waals surface area contributed by atoms with Crippen molar-refractivity contribution in [1.29, 1.82) is 0 Å². The Morgan fingerprint density at radius 3 is 3.03 bits per heavy atom. The summed E-state index contributed by atoms with van der Waals surface area (Å²) in [5.74, 6) is 1.85. The highest BCUT2D eigenvalue weighted by Gasteiger charge is 2.34. The molecule has 1 saturated heterocycles. The SMILES string of the molecule is NCCOc1cc2c(c(Cl)n1)CC(CNCCC1CN(c3ccc4c(n3)NC(=O)CO4)C(=O)O1)C2. The summed E-state index contributed by atoms with van der Waals surface area (Å²) in [5.41, 5.74) is 7.74. The third kappa shape index (κ3) is 5.26. The number of nitrogens with one attached hydrogen (secondary N) is 2. The van der Waals surface area contributed by atoms with Gasteiger partial charge in [0, 0.05) is 12.6 Å². The van der Waals surface area contributed by atoms with E-state index in [9.17, 15) is 9.59 Å². The van der Waals surface area contributed by atoms with Crippen molar-refractivity contribution in [3.8, 4) is 11.6 Å². The highest BCUT2D eigenvalue weighted by molar-refractivity contribution is 6.30. The molecule has 2 atom stereocenters. The Morgan fingerprint density at radius 1 is 1.29 bits per heavy atom. The van der Waals surface area contributed by atoms with Crippen LogP contribution in [0.1, 0.15) is 17.5 Å². The van der Waals surface area contributed by atoms with Gasteiger partial charge in [0.1, 0.15) is 23.7 Å². The lowest BCUT2D eigenvalue weighted by Crippen LogP contribution is -2.30. The molecule has 12 heteroatoms. The highest BCUT2D eigenvalue weighted by atomic mass is 35.5. The summed E-state index contributed by atoms with van der Waals surface area (Å²) >= 11 is 6.36. The third-order valence-electron chi connectivity index (χ3n) is 6.20. The second-order valence-corrected chi connectivity index (χ2v) is 9.12. The molecule has 5 rings (SSSR count). The first-order valence-corrected chi connectivity index (χ1v) is 12.0. The van der Waals surface area contributed by atoms with E-state index >= 15 is 0 Å². The maximum atomic E-state index is 12.4. The summed E-state index contributed by atoms with van der Waals surface area (Å²) in [6.45, 7) is 2.70. The number of amides is 2. The molecule has 1 aliphatic carbocycles.